The van der Waals surface area contributed by atoms with E-state index in [1.165, 1.54) is 0 Å². The first-order chi connectivity index (χ1) is 12.2. The van der Waals surface area contributed by atoms with Crippen LogP contribution in [0.15, 0.2) is 42.7 Å². The monoisotopic (exact) mass is 340 g/mol. The zero-order valence-corrected chi connectivity index (χ0v) is 14.4. The third kappa shape index (κ3) is 4.37. The van der Waals surface area contributed by atoms with Gasteiger partial charge in [0.05, 0.1) is 13.0 Å². The quantitative estimate of drug-likeness (QED) is 0.842. The van der Waals surface area contributed by atoms with Crippen molar-refractivity contribution in [2.45, 2.75) is 38.3 Å². The van der Waals surface area contributed by atoms with Gasteiger partial charge in [-0.1, -0.05) is 6.07 Å². The molecule has 1 saturated carbocycles. The van der Waals surface area contributed by atoms with E-state index in [-0.39, 0.29) is 5.92 Å². The largest absolute Gasteiger partial charge is 0.496 e. The molecule has 1 heterocycles. The summed E-state index contributed by atoms with van der Waals surface area (Å²) in [7, 11) is 1.68. The van der Waals surface area contributed by atoms with Gasteiger partial charge in [0.15, 0.2) is 0 Å². The molecule has 0 atom stereocenters. The fourth-order valence-electron chi connectivity index (χ4n) is 3.44. The normalized spacial score (nSPS) is 20.2. The molecule has 3 rings (SSSR count). The Bertz CT molecular complexity index is 710. The Morgan fingerprint density at radius 3 is 2.52 bits per heavy atom. The van der Waals surface area contributed by atoms with Gasteiger partial charge in [-0.2, -0.15) is 0 Å². The lowest BCUT2D eigenvalue weighted by molar-refractivity contribution is -0.142. The Hall–Kier alpha value is -2.40. The first kappa shape index (κ1) is 17.4. The van der Waals surface area contributed by atoms with Crippen LogP contribution < -0.4 is 10.1 Å². The van der Waals surface area contributed by atoms with Crippen LogP contribution in [-0.2, 0) is 11.3 Å². The number of hydrogen-bond acceptors (Lipinski definition) is 4. The maximum Gasteiger partial charge on any atom is 0.306 e. The minimum atomic E-state index is -0.662. The predicted octanol–water partition coefficient (Wildman–Crippen LogP) is 3.49. The summed E-state index contributed by atoms with van der Waals surface area (Å²) in [6, 6.07) is 10.5. The van der Waals surface area contributed by atoms with Crippen molar-refractivity contribution in [2.24, 2.45) is 5.92 Å². The van der Waals surface area contributed by atoms with Crippen LogP contribution in [-0.4, -0.2) is 29.2 Å². The van der Waals surface area contributed by atoms with Crippen molar-refractivity contribution in [1.29, 1.82) is 0 Å². The van der Waals surface area contributed by atoms with Gasteiger partial charge in [0.1, 0.15) is 5.75 Å². The zero-order chi connectivity index (χ0) is 17.6. The molecule has 0 unspecified atom stereocenters. The number of methoxy groups -OCH3 is 1. The average Bonchev–Trinajstić information content (AvgIpc) is 2.67. The third-order valence-electron chi connectivity index (χ3n) is 4.95. The number of benzene rings is 1. The first-order valence-corrected chi connectivity index (χ1v) is 8.71. The lowest BCUT2D eigenvalue weighted by Crippen LogP contribution is -2.34. The van der Waals surface area contributed by atoms with Gasteiger partial charge >= 0.3 is 5.97 Å². The van der Waals surface area contributed by atoms with Crippen LogP contribution in [0, 0.1) is 5.92 Å². The number of carboxylic acid groups (broad SMARTS) is 1. The molecule has 0 bridgehead atoms. The van der Waals surface area contributed by atoms with Crippen molar-refractivity contribution in [3.8, 4) is 16.9 Å². The number of rotatable bonds is 6. The summed E-state index contributed by atoms with van der Waals surface area (Å²) < 4.78 is 5.49. The van der Waals surface area contributed by atoms with Crippen molar-refractivity contribution in [3.63, 3.8) is 0 Å². The Kier molecular flexibility index (Phi) is 5.66. The SMILES string of the molecule is COc1ccc(-c2ccncc2)cc1CNC1CCC(C(=O)O)CC1. The van der Waals surface area contributed by atoms with Gasteiger partial charge in [0, 0.05) is 30.5 Å². The van der Waals surface area contributed by atoms with E-state index in [4.69, 9.17) is 9.84 Å². The van der Waals surface area contributed by atoms with Gasteiger partial charge in [-0.15, -0.1) is 0 Å². The number of aromatic nitrogens is 1. The lowest BCUT2D eigenvalue weighted by atomic mass is 9.86. The molecule has 0 saturated heterocycles. The van der Waals surface area contributed by atoms with Crippen LogP contribution in [0.25, 0.3) is 11.1 Å². The van der Waals surface area contributed by atoms with Gasteiger partial charge in [-0.05, 0) is 61.1 Å². The summed E-state index contributed by atoms with van der Waals surface area (Å²) in [5.41, 5.74) is 3.37. The molecule has 1 fully saturated rings. The second kappa shape index (κ2) is 8.12. The number of pyridine rings is 1. The molecule has 1 aromatic carbocycles. The lowest BCUT2D eigenvalue weighted by Gasteiger charge is -2.27. The Balaban J connectivity index is 1.66. The molecule has 25 heavy (non-hydrogen) atoms. The number of aliphatic carboxylic acids is 1. The highest BCUT2D eigenvalue weighted by Gasteiger charge is 2.25. The minimum absolute atomic E-state index is 0.178. The summed E-state index contributed by atoms with van der Waals surface area (Å²) in [5, 5.41) is 12.7. The number of carbonyl (C=O) groups is 1. The fraction of sp³-hybridized carbons (Fsp3) is 0.400. The second-order valence-corrected chi connectivity index (χ2v) is 6.53. The highest BCUT2D eigenvalue weighted by molar-refractivity contribution is 5.70. The van der Waals surface area contributed by atoms with Crippen molar-refractivity contribution < 1.29 is 14.6 Å². The van der Waals surface area contributed by atoms with Gasteiger partial charge in [-0.25, -0.2) is 0 Å². The maximum atomic E-state index is 11.1. The van der Waals surface area contributed by atoms with Crippen molar-refractivity contribution in [1.82, 2.24) is 10.3 Å². The van der Waals surface area contributed by atoms with E-state index in [0.29, 0.717) is 12.6 Å². The molecule has 1 aromatic heterocycles. The summed E-state index contributed by atoms with van der Waals surface area (Å²) in [6.07, 6.45) is 6.89. The van der Waals surface area contributed by atoms with Crippen molar-refractivity contribution in [2.75, 3.05) is 7.11 Å². The third-order valence-corrected chi connectivity index (χ3v) is 4.95. The van der Waals surface area contributed by atoms with Gasteiger partial charge in [0.2, 0.25) is 0 Å². The second-order valence-electron chi connectivity index (χ2n) is 6.53. The highest BCUT2D eigenvalue weighted by Crippen LogP contribution is 2.28. The number of hydrogen-bond donors (Lipinski definition) is 2. The molecule has 2 aromatic rings. The fourth-order valence-corrected chi connectivity index (χ4v) is 3.44. The Labute approximate surface area is 148 Å². The van der Waals surface area contributed by atoms with Gasteiger partial charge in [-0.3, -0.25) is 9.78 Å². The first-order valence-electron chi connectivity index (χ1n) is 8.71. The molecule has 2 N–H and O–H groups in total. The molecule has 0 amide bonds. The molecule has 1 aliphatic rings. The maximum absolute atomic E-state index is 11.1. The average molecular weight is 340 g/mol. The van der Waals surface area contributed by atoms with Crippen LogP contribution in [0.1, 0.15) is 31.2 Å². The van der Waals surface area contributed by atoms with Gasteiger partial charge in [0.25, 0.3) is 0 Å². The Morgan fingerprint density at radius 1 is 1.16 bits per heavy atom. The molecule has 1 aliphatic carbocycles. The van der Waals surface area contributed by atoms with E-state index < -0.39 is 5.97 Å². The van der Waals surface area contributed by atoms with E-state index in [2.05, 4.69) is 22.4 Å². The topological polar surface area (TPSA) is 71.5 Å². The van der Waals surface area contributed by atoms with Crippen LogP contribution in [0.3, 0.4) is 0 Å². The summed E-state index contributed by atoms with van der Waals surface area (Å²) >= 11 is 0. The van der Waals surface area contributed by atoms with Crippen LogP contribution in [0.4, 0.5) is 0 Å². The van der Waals surface area contributed by atoms with E-state index in [1.807, 2.05) is 18.2 Å². The molecule has 0 aliphatic heterocycles. The summed E-state index contributed by atoms with van der Waals surface area (Å²) in [5.74, 6) is 0.0253. The molecule has 0 spiro atoms. The van der Waals surface area contributed by atoms with E-state index in [0.717, 1.165) is 48.1 Å². The summed E-state index contributed by atoms with van der Waals surface area (Å²) in [6.45, 7) is 0.713. The van der Waals surface area contributed by atoms with Crippen LogP contribution in [0.5, 0.6) is 5.75 Å². The summed E-state index contributed by atoms with van der Waals surface area (Å²) in [4.78, 5) is 15.1. The standard InChI is InChI=1S/C20H24N2O3/c1-25-19-7-4-16(14-8-10-21-11-9-14)12-17(19)13-22-18-5-2-15(3-6-18)20(23)24/h4,7-12,15,18,22H,2-3,5-6,13H2,1H3,(H,23,24). The van der Waals surface area contributed by atoms with Crippen LogP contribution in [0.2, 0.25) is 0 Å². The minimum Gasteiger partial charge on any atom is -0.496 e. The predicted molar refractivity (Wildman–Crippen MR) is 96.4 cm³/mol. The molecular weight excluding hydrogens is 316 g/mol. The van der Waals surface area contributed by atoms with Crippen LogP contribution >= 0.6 is 0 Å². The van der Waals surface area contributed by atoms with E-state index >= 15 is 0 Å². The number of ether oxygens (including phenoxy) is 1. The molecule has 0 radical (unpaired) electrons. The molecule has 132 valence electrons. The zero-order valence-electron chi connectivity index (χ0n) is 14.4. The van der Waals surface area contributed by atoms with E-state index in [1.54, 1.807) is 19.5 Å². The van der Waals surface area contributed by atoms with E-state index in [9.17, 15) is 4.79 Å². The highest BCUT2D eigenvalue weighted by atomic mass is 16.5. The Morgan fingerprint density at radius 2 is 1.88 bits per heavy atom. The van der Waals surface area contributed by atoms with Gasteiger partial charge < -0.3 is 15.2 Å². The molecule has 5 heteroatoms. The molecular formula is C20H24N2O3. The smallest absolute Gasteiger partial charge is 0.306 e. The van der Waals surface area contributed by atoms with Crippen molar-refractivity contribution >= 4 is 5.97 Å². The number of nitrogens with one attached hydrogen (secondary N) is 1. The van der Waals surface area contributed by atoms with Crippen molar-refractivity contribution in [3.05, 3.63) is 48.3 Å². The number of nitrogens with zero attached hydrogens (tertiary/aromatic N) is 1. The number of carboxylic acids is 1. The molecule has 5 nitrogen and oxygen atoms in total.